The van der Waals surface area contributed by atoms with Gasteiger partial charge in [0.05, 0.1) is 6.61 Å². The Morgan fingerprint density at radius 2 is 2.18 bits per heavy atom. The highest BCUT2D eigenvalue weighted by atomic mass is 35.5. The van der Waals surface area contributed by atoms with Crippen LogP contribution in [0.1, 0.15) is 12.5 Å². The summed E-state index contributed by atoms with van der Waals surface area (Å²) in [5.41, 5.74) is 1.58. The molecule has 5 heteroatoms. The molecule has 0 atom stereocenters. The number of benzene rings is 1. The lowest BCUT2D eigenvalue weighted by atomic mass is 10.2. The predicted molar refractivity (Wildman–Crippen MR) is 67.7 cm³/mol. The van der Waals surface area contributed by atoms with E-state index in [0.717, 1.165) is 5.56 Å². The van der Waals surface area contributed by atoms with Crippen LogP contribution in [0, 0.1) is 6.92 Å². The van der Waals surface area contributed by atoms with E-state index in [9.17, 15) is 4.79 Å². The van der Waals surface area contributed by atoms with E-state index in [-0.39, 0.29) is 6.61 Å². The quantitative estimate of drug-likeness (QED) is 0.824. The van der Waals surface area contributed by atoms with Gasteiger partial charge in [-0.25, -0.2) is 4.79 Å². The first-order valence-electron chi connectivity index (χ1n) is 5.41. The molecule has 94 valence electrons. The number of rotatable bonds is 5. The van der Waals surface area contributed by atoms with Gasteiger partial charge in [-0.15, -0.1) is 0 Å². The van der Waals surface area contributed by atoms with Crippen LogP contribution in [0.3, 0.4) is 0 Å². The molecule has 0 heterocycles. The van der Waals surface area contributed by atoms with Crippen molar-refractivity contribution < 1.29 is 14.3 Å². The Kier molecular flexibility index (Phi) is 5.80. The van der Waals surface area contributed by atoms with Crippen molar-refractivity contribution in [2.45, 2.75) is 13.8 Å². The van der Waals surface area contributed by atoms with Crippen molar-refractivity contribution in [2.75, 3.05) is 25.1 Å². The third-order valence-corrected chi connectivity index (χ3v) is 2.33. The highest BCUT2D eigenvalue weighted by molar-refractivity contribution is 6.30. The van der Waals surface area contributed by atoms with Gasteiger partial charge in [-0.1, -0.05) is 11.6 Å². The summed E-state index contributed by atoms with van der Waals surface area (Å²) in [7, 11) is 0. The fourth-order valence-electron chi connectivity index (χ4n) is 1.25. The van der Waals surface area contributed by atoms with Crippen molar-refractivity contribution >= 4 is 23.4 Å². The molecular formula is C12H16ClNO3. The van der Waals surface area contributed by atoms with Gasteiger partial charge in [-0.05, 0) is 37.6 Å². The number of aryl methyl sites for hydroxylation is 1. The standard InChI is InChI=1S/C12H16ClNO3/c1-3-16-6-7-17-12(15)14-11-5-4-10(13)8-9(11)2/h4-5,8H,3,6-7H2,1-2H3,(H,14,15). The molecule has 0 aliphatic heterocycles. The molecule has 1 rings (SSSR count). The monoisotopic (exact) mass is 257 g/mol. The highest BCUT2D eigenvalue weighted by Crippen LogP contribution is 2.19. The van der Waals surface area contributed by atoms with E-state index in [1.165, 1.54) is 0 Å². The summed E-state index contributed by atoms with van der Waals surface area (Å²) in [6.07, 6.45) is -0.491. The largest absolute Gasteiger partial charge is 0.447 e. The smallest absolute Gasteiger partial charge is 0.411 e. The maximum Gasteiger partial charge on any atom is 0.411 e. The lowest BCUT2D eigenvalue weighted by Gasteiger charge is -2.09. The van der Waals surface area contributed by atoms with Gasteiger partial charge in [0, 0.05) is 17.3 Å². The van der Waals surface area contributed by atoms with E-state index in [2.05, 4.69) is 5.32 Å². The second-order valence-electron chi connectivity index (χ2n) is 3.42. The van der Waals surface area contributed by atoms with Crippen LogP contribution in [0.4, 0.5) is 10.5 Å². The number of hydrogen-bond acceptors (Lipinski definition) is 3. The minimum atomic E-state index is -0.491. The number of carbonyl (C=O) groups is 1. The van der Waals surface area contributed by atoms with Crippen LogP contribution in [-0.2, 0) is 9.47 Å². The van der Waals surface area contributed by atoms with Crippen LogP contribution >= 0.6 is 11.6 Å². The van der Waals surface area contributed by atoms with E-state index >= 15 is 0 Å². The molecule has 17 heavy (non-hydrogen) atoms. The molecule has 0 aliphatic carbocycles. The maximum absolute atomic E-state index is 11.4. The Hall–Kier alpha value is -1.26. The highest BCUT2D eigenvalue weighted by Gasteiger charge is 2.05. The molecular weight excluding hydrogens is 242 g/mol. The fourth-order valence-corrected chi connectivity index (χ4v) is 1.48. The maximum atomic E-state index is 11.4. The fraction of sp³-hybridized carbons (Fsp3) is 0.417. The first-order chi connectivity index (χ1) is 8.13. The molecule has 1 aromatic rings. The molecule has 0 fully saturated rings. The van der Waals surface area contributed by atoms with Crippen LogP contribution in [0.5, 0.6) is 0 Å². The third kappa shape index (κ3) is 5.06. The Balaban J connectivity index is 2.40. The second kappa shape index (κ2) is 7.14. The van der Waals surface area contributed by atoms with E-state index in [4.69, 9.17) is 21.1 Å². The SMILES string of the molecule is CCOCCOC(=O)Nc1ccc(Cl)cc1C. The van der Waals surface area contributed by atoms with Crippen LogP contribution in [0.25, 0.3) is 0 Å². The van der Waals surface area contributed by atoms with Gasteiger partial charge < -0.3 is 9.47 Å². The molecule has 0 saturated heterocycles. The zero-order chi connectivity index (χ0) is 12.7. The van der Waals surface area contributed by atoms with Crippen LogP contribution in [0.15, 0.2) is 18.2 Å². The lowest BCUT2D eigenvalue weighted by molar-refractivity contribution is 0.0850. The van der Waals surface area contributed by atoms with Crippen LogP contribution in [-0.4, -0.2) is 25.9 Å². The van der Waals surface area contributed by atoms with E-state index < -0.39 is 6.09 Å². The van der Waals surface area contributed by atoms with Gasteiger partial charge in [0.2, 0.25) is 0 Å². The summed E-state index contributed by atoms with van der Waals surface area (Å²) >= 11 is 5.81. The van der Waals surface area contributed by atoms with E-state index in [0.29, 0.717) is 23.9 Å². The summed E-state index contributed by atoms with van der Waals surface area (Å²) in [5, 5.41) is 3.28. The minimum absolute atomic E-state index is 0.242. The number of nitrogens with one attached hydrogen (secondary N) is 1. The van der Waals surface area contributed by atoms with Crippen LogP contribution in [0.2, 0.25) is 5.02 Å². The average molecular weight is 258 g/mol. The van der Waals surface area contributed by atoms with Crippen molar-refractivity contribution in [3.05, 3.63) is 28.8 Å². The van der Waals surface area contributed by atoms with Crippen molar-refractivity contribution in [1.82, 2.24) is 0 Å². The molecule has 0 bridgehead atoms. The molecule has 4 nitrogen and oxygen atoms in total. The minimum Gasteiger partial charge on any atom is -0.447 e. The normalized spacial score (nSPS) is 10.1. The lowest BCUT2D eigenvalue weighted by Crippen LogP contribution is -2.17. The summed E-state index contributed by atoms with van der Waals surface area (Å²) < 4.78 is 9.98. The Bertz CT molecular complexity index is 382. The van der Waals surface area contributed by atoms with Crippen molar-refractivity contribution in [3.8, 4) is 0 Å². The summed E-state index contributed by atoms with van der Waals surface area (Å²) in [4.78, 5) is 11.4. The number of amides is 1. The zero-order valence-corrected chi connectivity index (χ0v) is 10.7. The number of ether oxygens (including phenoxy) is 2. The van der Waals surface area contributed by atoms with E-state index in [1.54, 1.807) is 18.2 Å². The summed E-state index contributed by atoms with van der Waals surface area (Å²) in [5.74, 6) is 0. The van der Waals surface area contributed by atoms with Crippen molar-refractivity contribution in [2.24, 2.45) is 0 Å². The predicted octanol–water partition coefficient (Wildman–Crippen LogP) is 3.23. The van der Waals surface area contributed by atoms with E-state index in [1.807, 2.05) is 13.8 Å². The number of carbonyl (C=O) groups excluding carboxylic acids is 1. The first kappa shape index (κ1) is 13.8. The molecule has 0 spiro atoms. The topological polar surface area (TPSA) is 47.6 Å². The first-order valence-corrected chi connectivity index (χ1v) is 5.79. The van der Waals surface area contributed by atoms with Gasteiger partial charge in [0.25, 0.3) is 0 Å². The van der Waals surface area contributed by atoms with Gasteiger partial charge >= 0.3 is 6.09 Å². The molecule has 0 saturated carbocycles. The van der Waals surface area contributed by atoms with Crippen molar-refractivity contribution in [3.63, 3.8) is 0 Å². The number of anilines is 1. The van der Waals surface area contributed by atoms with Gasteiger partial charge in [-0.2, -0.15) is 0 Å². The van der Waals surface area contributed by atoms with Crippen LogP contribution < -0.4 is 5.32 Å². The van der Waals surface area contributed by atoms with Crippen molar-refractivity contribution in [1.29, 1.82) is 0 Å². The molecule has 0 unspecified atom stereocenters. The Morgan fingerprint density at radius 3 is 2.82 bits per heavy atom. The van der Waals surface area contributed by atoms with Gasteiger partial charge in [-0.3, -0.25) is 5.32 Å². The number of halogens is 1. The van der Waals surface area contributed by atoms with Gasteiger partial charge in [0.1, 0.15) is 6.61 Å². The number of hydrogen-bond donors (Lipinski definition) is 1. The Labute approximate surface area is 106 Å². The molecule has 1 aromatic carbocycles. The second-order valence-corrected chi connectivity index (χ2v) is 3.85. The Morgan fingerprint density at radius 1 is 1.41 bits per heavy atom. The summed E-state index contributed by atoms with van der Waals surface area (Å²) in [6, 6.07) is 5.23. The molecule has 0 radical (unpaired) electrons. The molecule has 1 N–H and O–H groups in total. The molecule has 0 aliphatic rings. The molecule has 0 aromatic heterocycles. The third-order valence-electron chi connectivity index (χ3n) is 2.09. The summed E-state index contributed by atoms with van der Waals surface area (Å²) in [6.45, 7) is 5.01. The average Bonchev–Trinajstić information content (AvgIpc) is 2.28. The van der Waals surface area contributed by atoms with Gasteiger partial charge in [0.15, 0.2) is 0 Å². The zero-order valence-electron chi connectivity index (χ0n) is 9.96. The molecule has 1 amide bonds.